The van der Waals surface area contributed by atoms with Gasteiger partial charge in [0, 0.05) is 16.1 Å². The van der Waals surface area contributed by atoms with E-state index in [2.05, 4.69) is 10.3 Å². The third-order valence-corrected chi connectivity index (χ3v) is 5.01. The molecule has 30 heavy (non-hydrogen) atoms. The van der Waals surface area contributed by atoms with Crippen molar-refractivity contribution < 1.29 is 14.3 Å². The molecule has 0 aliphatic rings. The predicted octanol–water partition coefficient (Wildman–Crippen LogP) is 6.58. The molecule has 0 aliphatic carbocycles. The van der Waals surface area contributed by atoms with Gasteiger partial charge < -0.3 is 10.4 Å². The Morgan fingerprint density at radius 3 is 2.57 bits per heavy atom. The number of carbonyl (C=O) groups excluding carboxylic acids is 1. The lowest BCUT2D eigenvalue weighted by atomic mass is 10.0. The van der Waals surface area contributed by atoms with Gasteiger partial charge in [0.05, 0.1) is 17.1 Å². The van der Waals surface area contributed by atoms with Crippen molar-refractivity contribution in [2.24, 2.45) is 4.99 Å². The lowest BCUT2D eigenvalue weighted by Crippen LogP contribution is -2.12. The van der Waals surface area contributed by atoms with Gasteiger partial charge in [-0.25, -0.2) is 4.39 Å². The Morgan fingerprint density at radius 1 is 1.10 bits per heavy atom. The van der Waals surface area contributed by atoms with E-state index in [-0.39, 0.29) is 17.3 Å². The van der Waals surface area contributed by atoms with Crippen molar-refractivity contribution in [2.75, 3.05) is 5.32 Å². The van der Waals surface area contributed by atoms with Crippen molar-refractivity contribution >= 4 is 34.6 Å². The normalized spacial score (nSPS) is 11.4. The van der Waals surface area contributed by atoms with Gasteiger partial charge in [-0.15, -0.1) is 0 Å². The molecule has 0 aromatic heterocycles. The zero-order valence-corrected chi connectivity index (χ0v) is 17.7. The Hall–Kier alpha value is -3.18. The summed E-state index contributed by atoms with van der Waals surface area (Å²) in [5.41, 5.74) is 3.92. The number of hydrogen-bond donors (Lipinski definition) is 2. The molecule has 0 atom stereocenters. The number of amides is 1. The van der Waals surface area contributed by atoms with Gasteiger partial charge in [-0.05, 0) is 67.8 Å². The average molecular weight is 425 g/mol. The fourth-order valence-corrected chi connectivity index (χ4v) is 3.30. The SMILES string of the molecule is CCC(=Nc1cc(C(=O)Nc2cc(Cl)ccc2O)ccc1C)c1c(C)cccc1F. The molecule has 0 fully saturated rings. The summed E-state index contributed by atoms with van der Waals surface area (Å²) < 4.78 is 14.4. The number of halogens is 2. The average Bonchev–Trinajstić information content (AvgIpc) is 2.71. The third-order valence-electron chi connectivity index (χ3n) is 4.78. The maximum absolute atomic E-state index is 14.4. The molecule has 154 valence electrons. The molecule has 0 saturated heterocycles. The number of hydrogen-bond acceptors (Lipinski definition) is 3. The van der Waals surface area contributed by atoms with Crippen LogP contribution in [0.3, 0.4) is 0 Å². The van der Waals surface area contributed by atoms with Crippen molar-refractivity contribution in [3.8, 4) is 5.75 Å². The van der Waals surface area contributed by atoms with E-state index in [1.54, 1.807) is 24.3 Å². The summed E-state index contributed by atoms with van der Waals surface area (Å²) >= 11 is 5.94. The molecule has 0 saturated carbocycles. The summed E-state index contributed by atoms with van der Waals surface area (Å²) in [6, 6.07) is 14.5. The van der Waals surface area contributed by atoms with E-state index < -0.39 is 5.91 Å². The largest absolute Gasteiger partial charge is 0.506 e. The zero-order valence-electron chi connectivity index (χ0n) is 17.0. The highest BCUT2D eigenvalue weighted by molar-refractivity contribution is 6.31. The van der Waals surface area contributed by atoms with Crippen molar-refractivity contribution in [2.45, 2.75) is 27.2 Å². The van der Waals surface area contributed by atoms with Gasteiger partial charge >= 0.3 is 0 Å². The Balaban J connectivity index is 1.97. The molecule has 0 spiro atoms. The summed E-state index contributed by atoms with van der Waals surface area (Å²) in [4.78, 5) is 17.4. The van der Waals surface area contributed by atoms with Gasteiger partial charge in [0.2, 0.25) is 0 Å². The van der Waals surface area contributed by atoms with Gasteiger partial charge in [0.15, 0.2) is 0 Å². The van der Waals surface area contributed by atoms with E-state index in [0.717, 1.165) is 11.1 Å². The number of carbonyl (C=O) groups is 1. The summed E-state index contributed by atoms with van der Waals surface area (Å²) in [5, 5.41) is 13.0. The second-order valence-corrected chi connectivity index (χ2v) is 7.40. The Kier molecular flexibility index (Phi) is 6.53. The standard InChI is InChI=1S/C24H22ClFN2O2/c1-4-19(23-15(3)6-5-7-18(23)26)27-20-12-16(9-8-14(20)2)24(30)28-21-13-17(25)10-11-22(21)29/h5-13,29H,4H2,1-3H3,(H,28,30). The first-order valence-corrected chi connectivity index (χ1v) is 9.91. The molecule has 0 aliphatic heterocycles. The predicted molar refractivity (Wildman–Crippen MR) is 120 cm³/mol. The molecule has 0 unspecified atom stereocenters. The highest BCUT2D eigenvalue weighted by atomic mass is 35.5. The van der Waals surface area contributed by atoms with Crippen molar-refractivity contribution in [3.05, 3.63) is 87.7 Å². The number of nitrogens with one attached hydrogen (secondary N) is 1. The van der Waals surface area contributed by atoms with Crippen LogP contribution >= 0.6 is 11.6 Å². The highest BCUT2D eigenvalue weighted by Crippen LogP contribution is 2.28. The van der Waals surface area contributed by atoms with E-state index in [4.69, 9.17) is 11.6 Å². The van der Waals surface area contributed by atoms with Gasteiger partial charge in [-0.1, -0.05) is 36.7 Å². The van der Waals surface area contributed by atoms with Crippen LogP contribution in [0.2, 0.25) is 5.02 Å². The lowest BCUT2D eigenvalue weighted by molar-refractivity contribution is 0.102. The summed E-state index contributed by atoms with van der Waals surface area (Å²) in [5.74, 6) is -0.816. The van der Waals surface area contributed by atoms with Gasteiger partial charge in [-0.3, -0.25) is 9.79 Å². The van der Waals surface area contributed by atoms with Crippen LogP contribution in [-0.4, -0.2) is 16.7 Å². The maximum atomic E-state index is 14.4. The van der Waals surface area contributed by atoms with E-state index in [1.807, 2.05) is 26.8 Å². The molecule has 1 amide bonds. The number of aryl methyl sites for hydroxylation is 2. The first kappa shape index (κ1) is 21.5. The molecule has 0 radical (unpaired) electrons. The molecule has 3 aromatic rings. The third kappa shape index (κ3) is 4.69. The van der Waals surface area contributed by atoms with Crippen LogP contribution in [0, 0.1) is 19.7 Å². The Bertz CT molecular complexity index is 1120. The fraction of sp³-hybridized carbons (Fsp3) is 0.167. The Morgan fingerprint density at radius 2 is 1.87 bits per heavy atom. The smallest absolute Gasteiger partial charge is 0.255 e. The van der Waals surface area contributed by atoms with Crippen LogP contribution in [-0.2, 0) is 0 Å². The maximum Gasteiger partial charge on any atom is 0.255 e. The summed E-state index contributed by atoms with van der Waals surface area (Å²) in [6.45, 7) is 5.64. The molecule has 4 nitrogen and oxygen atoms in total. The van der Waals surface area contributed by atoms with E-state index in [1.165, 1.54) is 24.3 Å². The Labute approximate surface area is 180 Å². The van der Waals surface area contributed by atoms with E-state index >= 15 is 0 Å². The molecule has 2 N–H and O–H groups in total. The van der Waals surface area contributed by atoms with E-state index in [9.17, 15) is 14.3 Å². The topological polar surface area (TPSA) is 61.7 Å². The van der Waals surface area contributed by atoms with Gasteiger partial charge in [0.1, 0.15) is 11.6 Å². The van der Waals surface area contributed by atoms with Crippen molar-refractivity contribution in [1.82, 2.24) is 0 Å². The minimum absolute atomic E-state index is 0.0820. The molecule has 3 aromatic carbocycles. The molecular formula is C24H22ClFN2O2. The number of benzene rings is 3. The number of phenols is 1. The quantitative estimate of drug-likeness (QED) is 0.358. The van der Waals surface area contributed by atoms with Gasteiger partial charge in [0.25, 0.3) is 5.91 Å². The molecular weight excluding hydrogens is 403 g/mol. The minimum atomic E-state index is -0.413. The molecule has 0 heterocycles. The van der Waals surface area contributed by atoms with Crippen molar-refractivity contribution in [1.29, 1.82) is 0 Å². The number of phenolic OH excluding ortho intramolecular Hbond substituents is 1. The van der Waals surface area contributed by atoms with E-state index in [0.29, 0.717) is 34.0 Å². The number of aliphatic imine (C=N–C) groups is 1. The lowest BCUT2D eigenvalue weighted by Gasteiger charge is -2.12. The summed E-state index contributed by atoms with van der Waals surface area (Å²) in [6.07, 6.45) is 0.536. The van der Waals surface area contributed by atoms with Gasteiger partial charge in [-0.2, -0.15) is 0 Å². The number of anilines is 1. The first-order chi connectivity index (χ1) is 14.3. The summed E-state index contributed by atoms with van der Waals surface area (Å²) in [7, 11) is 0. The molecule has 3 rings (SSSR count). The second-order valence-electron chi connectivity index (χ2n) is 6.96. The monoisotopic (exact) mass is 424 g/mol. The number of rotatable bonds is 5. The van der Waals surface area contributed by atoms with Crippen LogP contribution in [0.1, 0.15) is 40.4 Å². The fourth-order valence-electron chi connectivity index (χ4n) is 3.13. The van der Waals surface area contributed by atoms with Crippen LogP contribution in [0.5, 0.6) is 5.75 Å². The molecule has 6 heteroatoms. The highest BCUT2D eigenvalue weighted by Gasteiger charge is 2.14. The number of aromatic hydroxyl groups is 1. The van der Waals surface area contributed by atoms with Crippen LogP contribution in [0.4, 0.5) is 15.8 Å². The van der Waals surface area contributed by atoms with Crippen LogP contribution < -0.4 is 5.32 Å². The van der Waals surface area contributed by atoms with Crippen LogP contribution in [0.15, 0.2) is 59.6 Å². The molecule has 0 bridgehead atoms. The first-order valence-electron chi connectivity index (χ1n) is 9.53. The van der Waals surface area contributed by atoms with Crippen LogP contribution in [0.25, 0.3) is 0 Å². The second kappa shape index (κ2) is 9.09. The van der Waals surface area contributed by atoms with Crippen molar-refractivity contribution in [3.63, 3.8) is 0 Å². The minimum Gasteiger partial charge on any atom is -0.506 e. The zero-order chi connectivity index (χ0) is 21.8. The number of nitrogens with zero attached hydrogens (tertiary/aromatic N) is 1.